The minimum atomic E-state index is -0.452. The van der Waals surface area contributed by atoms with Crippen molar-refractivity contribution >= 4 is 32.6 Å². The lowest BCUT2D eigenvalue weighted by molar-refractivity contribution is 0.0995. The third-order valence-electron chi connectivity index (χ3n) is 2.67. The van der Waals surface area contributed by atoms with Gasteiger partial charge in [-0.2, -0.15) is 0 Å². The summed E-state index contributed by atoms with van der Waals surface area (Å²) >= 11 is 3.40. The predicted octanol–water partition coefficient (Wildman–Crippen LogP) is 2.98. The van der Waals surface area contributed by atoms with Crippen LogP contribution in [-0.2, 0) is 4.74 Å². The van der Waals surface area contributed by atoms with Gasteiger partial charge in [0, 0.05) is 18.2 Å². The lowest BCUT2D eigenvalue weighted by atomic mass is 9.99. The number of methoxy groups -OCH3 is 1. The van der Waals surface area contributed by atoms with Crippen LogP contribution < -0.4 is 5.73 Å². The van der Waals surface area contributed by atoms with Crippen molar-refractivity contribution in [2.45, 2.75) is 5.01 Å². The second kappa shape index (κ2) is 4.85. The van der Waals surface area contributed by atoms with Gasteiger partial charge < -0.3 is 10.5 Å². The highest BCUT2D eigenvalue weighted by molar-refractivity contribution is 9.09. The Kier molecular flexibility index (Phi) is 3.45. The lowest BCUT2D eigenvalue weighted by Gasteiger charge is -2.15. The van der Waals surface area contributed by atoms with Crippen molar-refractivity contribution in [3.05, 3.63) is 47.5 Å². The zero-order chi connectivity index (χ0) is 12.4. The summed E-state index contributed by atoms with van der Waals surface area (Å²) in [6.07, 6.45) is 0. The Labute approximate surface area is 108 Å². The van der Waals surface area contributed by atoms with Gasteiger partial charge in [-0.15, -0.1) is 0 Å². The first kappa shape index (κ1) is 12.1. The fourth-order valence-electron chi connectivity index (χ4n) is 1.87. The van der Waals surface area contributed by atoms with E-state index >= 15 is 0 Å². The first-order valence-corrected chi connectivity index (χ1v) is 6.05. The summed E-state index contributed by atoms with van der Waals surface area (Å²) in [4.78, 5) is 11.4. The van der Waals surface area contributed by atoms with Crippen molar-refractivity contribution < 1.29 is 9.53 Å². The standard InChI is InChI=1S/C13H12BrNO2/c1-17-12(14)11-9-5-3-2-4-8(9)6-7-10(11)13(15)16/h2-7,12H,1H3,(H2,15,16). The van der Waals surface area contributed by atoms with Gasteiger partial charge in [0.25, 0.3) is 0 Å². The van der Waals surface area contributed by atoms with Crippen LogP contribution in [0.25, 0.3) is 10.8 Å². The number of nitrogens with two attached hydrogens (primary N) is 1. The fourth-order valence-corrected chi connectivity index (χ4v) is 2.37. The van der Waals surface area contributed by atoms with E-state index in [1.54, 1.807) is 13.2 Å². The molecule has 2 N–H and O–H groups in total. The first-order valence-electron chi connectivity index (χ1n) is 5.13. The Morgan fingerprint density at radius 3 is 2.65 bits per heavy atom. The van der Waals surface area contributed by atoms with E-state index in [0.717, 1.165) is 16.3 Å². The third-order valence-corrected chi connectivity index (χ3v) is 3.50. The molecule has 0 saturated carbocycles. The van der Waals surface area contributed by atoms with Crippen LogP contribution in [0, 0.1) is 0 Å². The predicted molar refractivity (Wildman–Crippen MR) is 71.1 cm³/mol. The molecule has 0 bridgehead atoms. The Hall–Kier alpha value is -1.39. The minimum Gasteiger partial charge on any atom is -0.366 e. The SMILES string of the molecule is COC(Br)c1c(C(N)=O)ccc2ccccc12. The van der Waals surface area contributed by atoms with Gasteiger partial charge in [0.05, 0.1) is 0 Å². The van der Waals surface area contributed by atoms with E-state index in [4.69, 9.17) is 10.5 Å². The topological polar surface area (TPSA) is 52.3 Å². The molecule has 0 saturated heterocycles. The zero-order valence-corrected chi connectivity index (χ0v) is 10.9. The molecule has 0 aromatic heterocycles. The fraction of sp³-hybridized carbons (Fsp3) is 0.154. The monoisotopic (exact) mass is 293 g/mol. The average molecular weight is 294 g/mol. The number of hydrogen-bond donors (Lipinski definition) is 1. The summed E-state index contributed by atoms with van der Waals surface area (Å²) in [5, 5.41) is 1.66. The molecule has 1 amide bonds. The number of carbonyl (C=O) groups is 1. The molecule has 1 atom stereocenters. The van der Waals surface area contributed by atoms with Gasteiger partial charge in [-0.3, -0.25) is 4.79 Å². The van der Waals surface area contributed by atoms with Crippen molar-refractivity contribution in [1.82, 2.24) is 0 Å². The average Bonchev–Trinajstić information content (AvgIpc) is 2.36. The maximum atomic E-state index is 11.4. The number of halogens is 1. The van der Waals surface area contributed by atoms with Gasteiger partial charge in [-0.1, -0.05) is 46.3 Å². The van der Waals surface area contributed by atoms with Crippen LogP contribution in [0.2, 0.25) is 0 Å². The van der Waals surface area contributed by atoms with E-state index in [0.29, 0.717) is 5.56 Å². The van der Waals surface area contributed by atoms with Crippen molar-refractivity contribution in [2.24, 2.45) is 5.73 Å². The number of carbonyl (C=O) groups excluding carboxylic acids is 1. The molecule has 1 unspecified atom stereocenters. The molecular weight excluding hydrogens is 282 g/mol. The van der Waals surface area contributed by atoms with Crippen molar-refractivity contribution in [1.29, 1.82) is 0 Å². The smallest absolute Gasteiger partial charge is 0.249 e. The van der Waals surface area contributed by atoms with Crippen molar-refractivity contribution in [2.75, 3.05) is 7.11 Å². The normalized spacial score (nSPS) is 12.6. The maximum absolute atomic E-state index is 11.4. The molecule has 0 fully saturated rings. The van der Waals surface area contributed by atoms with Crippen LogP contribution >= 0.6 is 15.9 Å². The second-order valence-corrected chi connectivity index (χ2v) is 4.50. The molecule has 2 aromatic rings. The van der Waals surface area contributed by atoms with Gasteiger partial charge >= 0.3 is 0 Å². The van der Waals surface area contributed by atoms with Crippen LogP contribution in [0.4, 0.5) is 0 Å². The molecule has 2 rings (SSSR count). The highest BCUT2D eigenvalue weighted by Gasteiger charge is 2.18. The molecule has 4 heteroatoms. The molecule has 0 heterocycles. The quantitative estimate of drug-likeness (QED) is 0.885. The van der Waals surface area contributed by atoms with Crippen molar-refractivity contribution in [3.63, 3.8) is 0 Å². The zero-order valence-electron chi connectivity index (χ0n) is 9.31. The van der Waals surface area contributed by atoms with Gasteiger partial charge in [0.2, 0.25) is 5.91 Å². The number of ether oxygens (including phenoxy) is 1. The summed E-state index contributed by atoms with van der Waals surface area (Å²) in [5.41, 5.74) is 6.64. The van der Waals surface area contributed by atoms with E-state index in [9.17, 15) is 4.79 Å². The first-order chi connectivity index (χ1) is 8.15. The number of benzene rings is 2. The molecule has 0 aliphatic heterocycles. The Balaban J connectivity index is 2.79. The highest BCUT2D eigenvalue weighted by atomic mass is 79.9. The van der Waals surface area contributed by atoms with Crippen LogP contribution in [0.15, 0.2) is 36.4 Å². The summed E-state index contributed by atoms with van der Waals surface area (Å²) in [5.74, 6) is -0.452. The van der Waals surface area contributed by atoms with Gasteiger partial charge in [0.1, 0.15) is 5.01 Å². The van der Waals surface area contributed by atoms with Gasteiger partial charge in [0.15, 0.2) is 0 Å². The van der Waals surface area contributed by atoms with Crippen LogP contribution in [0.5, 0.6) is 0 Å². The molecule has 0 aliphatic rings. The summed E-state index contributed by atoms with van der Waals surface area (Å²) in [6, 6.07) is 11.4. The highest BCUT2D eigenvalue weighted by Crippen LogP contribution is 2.33. The van der Waals surface area contributed by atoms with Crippen LogP contribution in [-0.4, -0.2) is 13.0 Å². The molecule has 0 spiro atoms. The maximum Gasteiger partial charge on any atom is 0.249 e. The summed E-state index contributed by atoms with van der Waals surface area (Å²) in [7, 11) is 1.58. The van der Waals surface area contributed by atoms with Gasteiger partial charge in [-0.05, 0) is 16.8 Å². The molecule has 2 aromatic carbocycles. The third kappa shape index (κ3) is 2.18. The lowest BCUT2D eigenvalue weighted by Crippen LogP contribution is -2.15. The number of fused-ring (bicyclic) bond motifs is 1. The van der Waals surface area contributed by atoms with E-state index in [-0.39, 0.29) is 5.01 Å². The Morgan fingerprint density at radius 1 is 1.29 bits per heavy atom. The van der Waals surface area contributed by atoms with E-state index in [2.05, 4.69) is 15.9 Å². The van der Waals surface area contributed by atoms with E-state index < -0.39 is 5.91 Å². The van der Waals surface area contributed by atoms with Crippen molar-refractivity contribution in [3.8, 4) is 0 Å². The minimum absolute atomic E-state index is 0.351. The summed E-state index contributed by atoms with van der Waals surface area (Å²) < 4.78 is 5.24. The van der Waals surface area contributed by atoms with Crippen LogP contribution in [0.1, 0.15) is 20.9 Å². The second-order valence-electron chi connectivity index (χ2n) is 3.66. The Morgan fingerprint density at radius 2 is 2.00 bits per heavy atom. The molecular formula is C13H12BrNO2. The van der Waals surface area contributed by atoms with E-state index in [1.165, 1.54) is 0 Å². The summed E-state index contributed by atoms with van der Waals surface area (Å²) in [6.45, 7) is 0. The molecule has 0 radical (unpaired) electrons. The molecule has 88 valence electrons. The molecule has 3 nitrogen and oxygen atoms in total. The molecule has 17 heavy (non-hydrogen) atoms. The van der Waals surface area contributed by atoms with Gasteiger partial charge in [-0.25, -0.2) is 0 Å². The number of primary amides is 1. The van der Waals surface area contributed by atoms with Crippen LogP contribution in [0.3, 0.4) is 0 Å². The Bertz CT molecular complexity index is 568. The molecule has 0 aliphatic carbocycles. The number of hydrogen-bond acceptors (Lipinski definition) is 2. The number of amides is 1. The largest absolute Gasteiger partial charge is 0.366 e. The number of alkyl halides is 1. The van der Waals surface area contributed by atoms with E-state index in [1.807, 2.05) is 30.3 Å². The number of rotatable bonds is 3.